The van der Waals surface area contributed by atoms with Crippen molar-refractivity contribution in [3.05, 3.63) is 18.0 Å². The number of morpholine rings is 1. The van der Waals surface area contributed by atoms with Crippen LogP contribution in [0, 0.1) is 0 Å². The maximum Gasteiger partial charge on any atom is 0.236 e. The maximum atomic E-state index is 12.2. The average molecular weight is 296 g/mol. The van der Waals surface area contributed by atoms with E-state index in [-0.39, 0.29) is 5.91 Å². The fourth-order valence-electron chi connectivity index (χ4n) is 2.43. The van der Waals surface area contributed by atoms with Gasteiger partial charge < -0.3 is 19.7 Å². The fourth-order valence-corrected chi connectivity index (χ4v) is 2.43. The second kappa shape index (κ2) is 7.02. The number of hydrogen-bond acceptors (Lipinski definition) is 5. The minimum atomic E-state index is -0.491. The third-order valence-electron chi connectivity index (χ3n) is 3.70. The first-order valence-electron chi connectivity index (χ1n) is 7.16. The minimum absolute atomic E-state index is 0.0875. The quantitative estimate of drug-likeness (QED) is 0.732. The normalized spacial score (nSPS) is 22.5. The summed E-state index contributed by atoms with van der Waals surface area (Å²) < 4.78 is 12.6. The molecule has 2 heterocycles. The number of aryl methyl sites for hydroxylation is 1. The highest BCUT2D eigenvalue weighted by Gasteiger charge is 2.36. The lowest BCUT2D eigenvalue weighted by molar-refractivity contribution is -0.148. The van der Waals surface area contributed by atoms with Crippen LogP contribution in [0.25, 0.3) is 0 Å². The van der Waals surface area contributed by atoms with Crippen LogP contribution in [0.3, 0.4) is 0 Å². The van der Waals surface area contributed by atoms with Crippen molar-refractivity contribution in [3.8, 4) is 0 Å². The molecule has 1 saturated heterocycles. The van der Waals surface area contributed by atoms with E-state index >= 15 is 0 Å². The highest BCUT2D eigenvalue weighted by molar-refractivity contribution is 5.78. The molecule has 1 fully saturated rings. The first-order chi connectivity index (χ1) is 10.0. The van der Waals surface area contributed by atoms with Crippen LogP contribution in [0.4, 0.5) is 0 Å². The number of methoxy groups -OCH3 is 1. The van der Waals surface area contributed by atoms with Crippen molar-refractivity contribution in [2.45, 2.75) is 12.5 Å². The highest BCUT2D eigenvalue weighted by atomic mass is 16.5. The van der Waals surface area contributed by atoms with Crippen LogP contribution in [0.2, 0.25) is 0 Å². The number of amides is 1. The van der Waals surface area contributed by atoms with Gasteiger partial charge in [0, 0.05) is 39.0 Å². The van der Waals surface area contributed by atoms with E-state index in [0.29, 0.717) is 39.4 Å². The van der Waals surface area contributed by atoms with Crippen molar-refractivity contribution in [2.24, 2.45) is 7.05 Å². The molecule has 1 aliphatic rings. The molecule has 1 amide bonds. The molecule has 118 valence electrons. The monoisotopic (exact) mass is 296 g/mol. The predicted molar refractivity (Wildman–Crippen MR) is 77.8 cm³/mol. The number of ether oxygens (including phenoxy) is 2. The summed E-state index contributed by atoms with van der Waals surface area (Å²) in [6, 6.07) is 0. The average Bonchev–Trinajstić information content (AvgIpc) is 2.91. The molecular weight excluding hydrogens is 272 g/mol. The SMILES string of the molecule is COCCNCC(=O)N1CCO[C@](C)(c2cnn(C)c2)C1. The summed E-state index contributed by atoms with van der Waals surface area (Å²) in [5.41, 5.74) is 0.504. The van der Waals surface area contributed by atoms with Gasteiger partial charge in [0.25, 0.3) is 0 Å². The second-order valence-corrected chi connectivity index (χ2v) is 5.47. The van der Waals surface area contributed by atoms with Gasteiger partial charge >= 0.3 is 0 Å². The van der Waals surface area contributed by atoms with Gasteiger partial charge in [-0.3, -0.25) is 9.48 Å². The number of carbonyl (C=O) groups is 1. The number of aromatic nitrogens is 2. The fraction of sp³-hybridized carbons (Fsp3) is 0.714. The van der Waals surface area contributed by atoms with E-state index in [2.05, 4.69) is 10.4 Å². The van der Waals surface area contributed by atoms with Gasteiger partial charge in [0.1, 0.15) is 5.60 Å². The summed E-state index contributed by atoms with van der Waals surface area (Å²) >= 11 is 0. The Morgan fingerprint density at radius 3 is 3.10 bits per heavy atom. The van der Waals surface area contributed by atoms with Gasteiger partial charge in [0.2, 0.25) is 5.91 Å². The summed E-state index contributed by atoms with van der Waals surface area (Å²) in [5, 5.41) is 7.27. The van der Waals surface area contributed by atoms with Crippen molar-refractivity contribution >= 4 is 5.91 Å². The number of carbonyl (C=O) groups excluding carboxylic acids is 1. The van der Waals surface area contributed by atoms with E-state index in [9.17, 15) is 4.79 Å². The van der Waals surface area contributed by atoms with E-state index in [0.717, 1.165) is 5.56 Å². The Hall–Kier alpha value is -1.44. The number of hydrogen-bond donors (Lipinski definition) is 1. The third-order valence-corrected chi connectivity index (χ3v) is 3.70. The Labute approximate surface area is 125 Å². The smallest absolute Gasteiger partial charge is 0.236 e. The Kier molecular flexibility index (Phi) is 5.33. The van der Waals surface area contributed by atoms with Gasteiger partial charge in [0.15, 0.2) is 0 Å². The first kappa shape index (κ1) is 15.9. The molecular formula is C14H24N4O3. The topological polar surface area (TPSA) is 68.6 Å². The number of nitrogens with one attached hydrogen (secondary N) is 1. The standard InChI is InChI=1S/C14H24N4O3/c1-14(12-8-16-17(2)10-12)11-18(5-7-21-14)13(19)9-15-4-6-20-3/h8,10,15H,4-7,9,11H2,1-3H3/t14-/m0/s1. The van der Waals surface area contributed by atoms with E-state index in [1.165, 1.54) is 0 Å². The number of rotatable bonds is 6. The Morgan fingerprint density at radius 2 is 2.43 bits per heavy atom. The zero-order valence-corrected chi connectivity index (χ0v) is 13.0. The Balaban J connectivity index is 1.92. The molecule has 1 N–H and O–H groups in total. The van der Waals surface area contributed by atoms with Crippen molar-refractivity contribution in [1.82, 2.24) is 20.0 Å². The lowest BCUT2D eigenvalue weighted by atomic mass is 9.97. The van der Waals surface area contributed by atoms with Crippen LogP contribution >= 0.6 is 0 Å². The largest absolute Gasteiger partial charge is 0.383 e. The van der Waals surface area contributed by atoms with Crippen LogP contribution in [-0.4, -0.2) is 67.1 Å². The molecule has 1 aromatic rings. The van der Waals surface area contributed by atoms with Crippen LogP contribution in [0.5, 0.6) is 0 Å². The zero-order valence-electron chi connectivity index (χ0n) is 13.0. The van der Waals surface area contributed by atoms with Crippen LogP contribution < -0.4 is 5.32 Å². The maximum absolute atomic E-state index is 12.2. The highest BCUT2D eigenvalue weighted by Crippen LogP contribution is 2.28. The molecule has 1 atom stereocenters. The van der Waals surface area contributed by atoms with Crippen LogP contribution in [0.1, 0.15) is 12.5 Å². The van der Waals surface area contributed by atoms with Gasteiger partial charge in [-0.05, 0) is 6.92 Å². The molecule has 0 unspecified atom stereocenters. The van der Waals surface area contributed by atoms with E-state index in [4.69, 9.17) is 9.47 Å². The molecule has 7 nitrogen and oxygen atoms in total. The summed E-state index contributed by atoms with van der Waals surface area (Å²) in [7, 11) is 3.52. The molecule has 0 spiro atoms. The summed E-state index contributed by atoms with van der Waals surface area (Å²) in [6.07, 6.45) is 3.73. The summed E-state index contributed by atoms with van der Waals surface area (Å²) in [4.78, 5) is 14.1. The van der Waals surface area contributed by atoms with Crippen LogP contribution in [-0.2, 0) is 26.9 Å². The van der Waals surface area contributed by atoms with Gasteiger partial charge in [-0.25, -0.2) is 0 Å². The summed E-state index contributed by atoms with van der Waals surface area (Å²) in [5.74, 6) is 0.0875. The molecule has 0 aliphatic carbocycles. The summed E-state index contributed by atoms with van der Waals surface area (Å²) in [6.45, 7) is 5.31. The molecule has 2 rings (SSSR count). The van der Waals surface area contributed by atoms with Gasteiger partial charge in [-0.2, -0.15) is 5.10 Å². The van der Waals surface area contributed by atoms with Gasteiger partial charge in [-0.1, -0.05) is 0 Å². The number of nitrogens with zero attached hydrogens (tertiary/aromatic N) is 3. The minimum Gasteiger partial charge on any atom is -0.383 e. The first-order valence-corrected chi connectivity index (χ1v) is 7.16. The molecule has 21 heavy (non-hydrogen) atoms. The molecule has 0 radical (unpaired) electrons. The molecule has 0 bridgehead atoms. The Morgan fingerprint density at radius 1 is 1.62 bits per heavy atom. The van der Waals surface area contributed by atoms with E-state index in [1.807, 2.05) is 25.1 Å². The van der Waals surface area contributed by atoms with Crippen LogP contribution in [0.15, 0.2) is 12.4 Å². The van der Waals surface area contributed by atoms with Crippen molar-refractivity contribution < 1.29 is 14.3 Å². The van der Waals surface area contributed by atoms with Crippen molar-refractivity contribution in [2.75, 3.05) is 46.5 Å². The molecule has 1 aliphatic heterocycles. The van der Waals surface area contributed by atoms with E-state index < -0.39 is 5.60 Å². The van der Waals surface area contributed by atoms with E-state index in [1.54, 1.807) is 18.0 Å². The Bertz CT molecular complexity index is 477. The molecule has 0 aromatic carbocycles. The lowest BCUT2D eigenvalue weighted by Crippen LogP contribution is -2.52. The van der Waals surface area contributed by atoms with Gasteiger partial charge in [-0.15, -0.1) is 0 Å². The zero-order chi connectivity index (χ0) is 15.3. The lowest BCUT2D eigenvalue weighted by Gasteiger charge is -2.40. The van der Waals surface area contributed by atoms with Crippen molar-refractivity contribution in [3.63, 3.8) is 0 Å². The second-order valence-electron chi connectivity index (χ2n) is 5.47. The van der Waals surface area contributed by atoms with Gasteiger partial charge in [0.05, 0.1) is 32.5 Å². The molecule has 0 saturated carbocycles. The molecule has 1 aromatic heterocycles. The van der Waals surface area contributed by atoms with Crippen molar-refractivity contribution in [1.29, 1.82) is 0 Å². The predicted octanol–water partition coefficient (Wildman–Crippen LogP) is -0.270. The molecule has 7 heteroatoms. The third kappa shape index (κ3) is 4.03.